The van der Waals surface area contributed by atoms with Crippen molar-refractivity contribution in [2.75, 3.05) is 26.1 Å². The number of hydrogen-bond donors (Lipinski definition) is 1. The largest absolute Gasteiger partial charge is 0.464 e. The van der Waals surface area contributed by atoms with Crippen molar-refractivity contribution in [2.24, 2.45) is 5.11 Å². The van der Waals surface area contributed by atoms with Gasteiger partial charge in [0.1, 0.15) is 0 Å². The molecule has 1 N–H and O–H groups in total. The number of ether oxygens (including phenoxy) is 1. The van der Waals surface area contributed by atoms with Gasteiger partial charge in [0, 0.05) is 41.5 Å². The van der Waals surface area contributed by atoms with E-state index in [9.17, 15) is 4.79 Å². The van der Waals surface area contributed by atoms with Crippen molar-refractivity contribution in [1.29, 1.82) is 0 Å². The van der Waals surface area contributed by atoms with Gasteiger partial charge in [-0.3, -0.25) is 5.10 Å². The van der Waals surface area contributed by atoms with E-state index in [0.29, 0.717) is 16.9 Å². The third kappa shape index (κ3) is 4.04. The second-order valence-electron chi connectivity index (χ2n) is 8.37. The Balaban J connectivity index is 2.17. The van der Waals surface area contributed by atoms with Crippen LogP contribution in [0.25, 0.3) is 43.7 Å². The first-order valence-electron chi connectivity index (χ1n) is 10.8. The van der Waals surface area contributed by atoms with Crippen LogP contribution in [-0.2, 0) is 4.74 Å². The molecule has 0 fully saturated rings. The minimum Gasteiger partial charge on any atom is -0.464 e. The highest BCUT2D eigenvalue weighted by molar-refractivity contribution is 6.10. The standard InChI is InChI=1S/C25H25N7O2/c1-14(2)22-21-19(15-9-11-17(12-10-15)28-31-26)20(16-7-6-8-18(13-16)32(3)4)23(25(33)34-5)27-24(21)30-29-22/h6-14H,1-5H3,(H,27,29,30). The van der Waals surface area contributed by atoms with Crippen molar-refractivity contribution in [3.05, 3.63) is 70.4 Å². The van der Waals surface area contributed by atoms with Gasteiger partial charge in [-0.25, -0.2) is 9.78 Å². The molecule has 34 heavy (non-hydrogen) atoms. The number of esters is 1. The molecule has 0 atom stereocenters. The summed E-state index contributed by atoms with van der Waals surface area (Å²) in [6.45, 7) is 4.12. The summed E-state index contributed by atoms with van der Waals surface area (Å²) in [5.41, 5.74) is 14.9. The quantitative estimate of drug-likeness (QED) is 0.160. The van der Waals surface area contributed by atoms with E-state index in [2.05, 4.69) is 39.1 Å². The molecule has 0 saturated heterocycles. The van der Waals surface area contributed by atoms with Crippen LogP contribution in [0.4, 0.5) is 11.4 Å². The molecule has 9 nitrogen and oxygen atoms in total. The van der Waals surface area contributed by atoms with Gasteiger partial charge < -0.3 is 9.64 Å². The third-order valence-electron chi connectivity index (χ3n) is 5.63. The second kappa shape index (κ2) is 9.25. The molecule has 0 amide bonds. The molecule has 0 spiro atoms. The number of anilines is 1. The minimum absolute atomic E-state index is 0.113. The summed E-state index contributed by atoms with van der Waals surface area (Å²) in [7, 11) is 5.27. The maximum atomic E-state index is 12.9. The van der Waals surface area contributed by atoms with E-state index in [1.165, 1.54) is 7.11 Å². The highest BCUT2D eigenvalue weighted by Gasteiger charge is 2.27. The van der Waals surface area contributed by atoms with E-state index in [4.69, 9.17) is 10.3 Å². The molecule has 2 aromatic heterocycles. The first-order chi connectivity index (χ1) is 16.3. The number of pyridine rings is 1. The van der Waals surface area contributed by atoms with Crippen LogP contribution in [0.2, 0.25) is 0 Å². The number of nitrogens with zero attached hydrogens (tertiary/aromatic N) is 6. The number of methoxy groups -OCH3 is 1. The molecule has 2 aromatic carbocycles. The van der Waals surface area contributed by atoms with Crippen LogP contribution in [0.1, 0.15) is 35.9 Å². The number of carbonyl (C=O) groups is 1. The Morgan fingerprint density at radius 2 is 1.85 bits per heavy atom. The molecule has 0 radical (unpaired) electrons. The first kappa shape index (κ1) is 22.8. The summed E-state index contributed by atoms with van der Waals surface area (Å²) in [4.78, 5) is 22.5. The summed E-state index contributed by atoms with van der Waals surface area (Å²) in [5.74, 6) is -0.429. The van der Waals surface area contributed by atoms with Crippen LogP contribution in [0.5, 0.6) is 0 Å². The van der Waals surface area contributed by atoms with E-state index >= 15 is 0 Å². The number of H-pyrrole nitrogens is 1. The smallest absolute Gasteiger partial charge is 0.357 e. The number of carbonyl (C=O) groups excluding carboxylic acids is 1. The zero-order valence-corrected chi connectivity index (χ0v) is 19.7. The third-order valence-corrected chi connectivity index (χ3v) is 5.63. The van der Waals surface area contributed by atoms with E-state index in [0.717, 1.165) is 33.5 Å². The van der Waals surface area contributed by atoms with Crippen molar-refractivity contribution in [2.45, 2.75) is 19.8 Å². The number of aromatic nitrogens is 3. The van der Waals surface area contributed by atoms with Gasteiger partial charge in [-0.05, 0) is 34.7 Å². The first-order valence-corrected chi connectivity index (χ1v) is 10.8. The lowest BCUT2D eigenvalue weighted by molar-refractivity contribution is 0.0595. The second-order valence-corrected chi connectivity index (χ2v) is 8.37. The molecule has 0 bridgehead atoms. The van der Waals surface area contributed by atoms with E-state index in [1.54, 1.807) is 12.1 Å². The van der Waals surface area contributed by atoms with Gasteiger partial charge in [0.25, 0.3) is 0 Å². The predicted octanol–water partition coefficient (Wildman–Crippen LogP) is 6.21. The topological polar surface area (TPSA) is 120 Å². The number of hydrogen-bond acceptors (Lipinski definition) is 6. The average Bonchev–Trinajstić information content (AvgIpc) is 3.27. The molecule has 2 heterocycles. The van der Waals surface area contributed by atoms with Crippen LogP contribution >= 0.6 is 0 Å². The van der Waals surface area contributed by atoms with Crippen LogP contribution in [0.3, 0.4) is 0 Å². The molecule has 0 aliphatic heterocycles. The van der Waals surface area contributed by atoms with Crippen LogP contribution < -0.4 is 4.90 Å². The van der Waals surface area contributed by atoms with Gasteiger partial charge in [-0.2, -0.15) is 5.10 Å². The van der Waals surface area contributed by atoms with Gasteiger partial charge in [0.15, 0.2) is 11.3 Å². The normalized spacial score (nSPS) is 10.9. The Kier molecular flexibility index (Phi) is 6.21. The molecule has 4 aromatic rings. The lowest BCUT2D eigenvalue weighted by atomic mass is 9.89. The summed E-state index contributed by atoms with van der Waals surface area (Å²) in [6.07, 6.45) is 0. The molecule has 0 aliphatic carbocycles. The summed E-state index contributed by atoms with van der Waals surface area (Å²) < 4.78 is 5.12. The fourth-order valence-electron chi connectivity index (χ4n) is 4.00. The molecule has 0 saturated carbocycles. The molecular formula is C25H25N7O2. The van der Waals surface area contributed by atoms with Gasteiger partial charge in [0.2, 0.25) is 0 Å². The molecule has 0 unspecified atom stereocenters. The summed E-state index contributed by atoms with van der Waals surface area (Å²) in [5, 5.41) is 12.0. The van der Waals surface area contributed by atoms with E-state index in [1.807, 2.05) is 55.4 Å². The average molecular weight is 456 g/mol. The number of azide groups is 1. The number of nitrogens with one attached hydrogen (secondary N) is 1. The SMILES string of the molecule is COC(=O)c1nc2[nH]nc(C(C)C)c2c(-c2ccc(N=[N+]=[N-])cc2)c1-c1cccc(N(C)C)c1. The van der Waals surface area contributed by atoms with Gasteiger partial charge >= 0.3 is 5.97 Å². The zero-order chi connectivity index (χ0) is 24.4. The number of aromatic amines is 1. The molecule has 0 aliphatic rings. The fourth-order valence-corrected chi connectivity index (χ4v) is 4.00. The lowest BCUT2D eigenvalue weighted by Gasteiger charge is -2.19. The van der Waals surface area contributed by atoms with Crippen molar-refractivity contribution >= 4 is 28.4 Å². The minimum atomic E-state index is -0.542. The van der Waals surface area contributed by atoms with Crippen molar-refractivity contribution in [1.82, 2.24) is 15.2 Å². The fraction of sp³-hybridized carbons (Fsp3) is 0.240. The molecular weight excluding hydrogens is 430 g/mol. The number of fused-ring (bicyclic) bond motifs is 1. The predicted molar refractivity (Wildman–Crippen MR) is 133 cm³/mol. The molecule has 9 heteroatoms. The molecule has 4 rings (SSSR count). The van der Waals surface area contributed by atoms with Gasteiger partial charge in [-0.15, -0.1) is 0 Å². The van der Waals surface area contributed by atoms with Crippen molar-refractivity contribution in [3.8, 4) is 22.3 Å². The maximum Gasteiger partial charge on any atom is 0.357 e. The Morgan fingerprint density at radius 1 is 1.12 bits per heavy atom. The van der Waals surface area contributed by atoms with E-state index < -0.39 is 5.97 Å². The van der Waals surface area contributed by atoms with Gasteiger partial charge in [0.05, 0.1) is 18.2 Å². The van der Waals surface area contributed by atoms with Crippen LogP contribution in [0.15, 0.2) is 53.6 Å². The van der Waals surface area contributed by atoms with Crippen LogP contribution in [-0.4, -0.2) is 42.4 Å². The Morgan fingerprint density at radius 3 is 2.47 bits per heavy atom. The zero-order valence-electron chi connectivity index (χ0n) is 19.7. The monoisotopic (exact) mass is 455 g/mol. The highest BCUT2D eigenvalue weighted by Crippen LogP contribution is 2.43. The highest BCUT2D eigenvalue weighted by atomic mass is 16.5. The van der Waals surface area contributed by atoms with E-state index in [-0.39, 0.29) is 11.6 Å². The Bertz CT molecular complexity index is 1420. The van der Waals surface area contributed by atoms with Crippen molar-refractivity contribution < 1.29 is 9.53 Å². The maximum absolute atomic E-state index is 12.9. The summed E-state index contributed by atoms with van der Waals surface area (Å²) in [6, 6.07) is 15.1. The Hall–Kier alpha value is -4.36. The Labute approximate surface area is 197 Å². The number of benzene rings is 2. The summed E-state index contributed by atoms with van der Waals surface area (Å²) >= 11 is 0. The molecule has 172 valence electrons. The van der Waals surface area contributed by atoms with Crippen molar-refractivity contribution in [3.63, 3.8) is 0 Å². The lowest BCUT2D eigenvalue weighted by Crippen LogP contribution is -2.10. The van der Waals surface area contributed by atoms with Gasteiger partial charge in [-0.1, -0.05) is 55.4 Å². The van der Waals surface area contributed by atoms with Crippen LogP contribution in [0, 0.1) is 0 Å². The number of rotatable bonds is 6.